The van der Waals surface area contributed by atoms with Crippen molar-refractivity contribution in [2.45, 2.75) is 25.6 Å². The Morgan fingerprint density at radius 1 is 1.17 bits per heavy atom. The minimum absolute atomic E-state index is 0.108. The molecule has 4 rings (SSSR count). The second-order valence-electron chi connectivity index (χ2n) is 6.73. The lowest BCUT2D eigenvalue weighted by Gasteiger charge is -2.09. The number of rotatable bonds is 6. The summed E-state index contributed by atoms with van der Waals surface area (Å²) in [7, 11) is 0. The van der Waals surface area contributed by atoms with Gasteiger partial charge in [0.2, 0.25) is 5.89 Å². The molecule has 0 bridgehead atoms. The van der Waals surface area contributed by atoms with E-state index in [1.165, 1.54) is 0 Å². The van der Waals surface area contributed by atoms with Crippen LogP contribution in [0.5, 0.6) is 0 Å². The zero-order valence-corrected chi connectivity index (χ0v) is 17.9. The molecule has 0 saturated heterocycles. The molecular weight excluding hydrogens is 422 g/mol. The molecule has 0 atom stereocenters. The molecule has 0 amide bonds. The van der Waals surface area contributed by atoms with Crippen molar-refractivity contribution in [3.05, 3.63) is 81.2 Å². The van der Waals surface area contributed by atoms with E-state index in [0.29, 0.717) is 17.5 Å². The van der Waals surface area contributed by atoms with Crippen LogP contribution < -0.4 is 0 Å². The van der Waals surface area contributed by atoms with Crippen LogP contribution in [-0.2, 0) is 11.3 Å². The highest BCUT2D eigenvalue weighted by molar-refractivity contribution is 8.03. The number of carboxylic acids is 1. The Labute approximate surface area is 182 Å². The van der Waals surface area contributed by atoms with Gasteiger partial charge < -0.3 is 14.1 Å². The second-order valence-corrected chi connectivity index (χ2v) is 8.16. The molecule has 0 aliphatic carbocycles. The van der Waals surface area contributed by atoms with Crippen molar-refractivity contribution in [1.82, 2.24) is 14.8 Å². The van der Waals surface area contributed by atoms with Gasteiger partial charge in [0, 0.05) is 40.7 Å². The Morgan fingerprint density at radius 2 is 1.90 bits per heavy atom. The molecule has 30 heavy (non-hydrogen) atoms. The molecule has 0 unspecified atom stereocenters. The first kappa shape index (κ1) is 20.3. The van der Waals surface area contributed by atoms with Gasteiger partial charge in [-0.1, -0.05) is 41.9 Å². The Hall–Kier alpha value is -3.03. The van der Waals surface area contributed by atoms with Gasteiger partial charge in [0.1, 0.15) is 4.91 Å². The maximum atomic E-state index is 11.9. The van der Waals surface area contributed by atoms with E-state index in [2.05, 4.69) is 14.8 Å². The van der Waals surface area contributed by atoms with Crippen LogP contribution in [0.2, 0.25) is 5.02 Å². The third kappa shape index (κ3) is 4.13. The number of aliphatic carboxylic acids is 1. The van der Waals surface area contributed by atoms with Crippen LogP contribution >= 0.6 is 23.4 Å². The molecular formula is C22H18ClN3O3S. The Bertz CT molecular complexity index is 1260. The van der Waals surface area contributed by atoms with Gasteiger partial charge in [0.25, 0.3) is 5.22 Å². The largest absolute Gasteiger partial charge is 0.477 e. The number of thioether (sulfide) groups is 1. The normalized spacial score (nSPS) is 11.9. The average molecular weight is 440 g/mol. The second kappa shape index (κ2) is 8.38. The van der Waals surface area contributed by atoms with Crippen molar-refractivity contribution in [3.8, 4) is 0 Å². The van der Waals surface area contributed by atoms with Crippen LogP contribution in [0.3, 0.4) is 0 Å². The Morgan fingerprint density at radius 3 is 2.57 bits per heavy atom. The summed E-state index contributed by atoms with van der Waals surface area (Å²) in [6.45, 7) is 4.30. The summed E-state index contributed by atoms with van der Waals surface area (Å²) in [4.78, 5) is 12.0. The summed E-state index contributed by atoms with van der Waals surface area (Å²) >= 11 is 6.95. The molecule has 0 saturated carbocycles. The molecule has 0 aliphatic rings. The molecule has 6 nitrogen and oxygen atoms in total. The molecule has 8 heteroatoms. The van der Waals surface area contributed by atoms with E-state index in [9.17, 15) is 9.90 Å². The van der Waals surface area contributed by atoms with Gasteiger partial charge in [-0.05, 0) is 48.5 Å². The van der Waals surface area contributed by atoms with Crippen LogP contribution in [0.1, 0.15) is 22.7 Å². The van der Waals surface area contributed by atoms with Gasteiger partial charge in [-0.2, -0.15) is 0 Å². The van der Waals surface area contributed by atoms with E-state index in [1.54, 1.807) is 13.0 Å². The Kier molecular flexibility index (Phi) is 5.65. The molecule has 0 aliphatic heterocycles. The maximum absolute atomic E-state index is 11.9. The number of carbonyl (C=O) groups is 1. The lowest BCUT2D eigenvalue weighted by atomic mass is 10.1. The number of halogens is 1. The highest BCUT2D eigenvalue weighted by atomic mass is 35.5. The highest BCUT2D eigenvalue weighted by Crippen LogP contribution is 2.33. The molecule has 2 heterocycles. The van der Waals surface area contributed by atoms with Crippen LogP contribution in [0, 0.1) is 13.8 Å². The minimum Gasteiger partial charge on any atom is -0.477 e. The first-order valence-electron chi connectivity index (χ1n) is 9.17. The van der Waals surface area contributed by atoms with E-state index in [1.807, 2.05) is 55.5 Å². The van der Waals surface area contributed by atoms with Crippen molar-refractivity contribution in [1.29, 1.82) is 0 Å². The predicted molar refractivity (Wildman–Crippen MR) is 118 cm³/mol. The molecule has 0 spiro atoms. The lowest BCUT2D eigenvalue weighted by Crippen LogP contribution is -2.02. The van der Waals surface area contributed by atoms with E-state index in [-0.39, 0.29) is 10.1 Å². The molecule has 2 aromatic heterocycles. The number of hydrogen-bond donors (Lipinski definition) is 1. The summed E-state index contributed by atoms with van der Waals surface area (Å²) < 4.78 is 7.51. The topological polar surface area (TPSA) is 81.2 Å². The van der Waals surface area contributed by atoms with Crippen molar-refractivity contribution < 1.29 is 14.3 Å². The zero-order chi connectivity index (χ0) is 21.3. The average Bonchev–Trinajstić information content (AvgIpc) is 3.25. The van der Waals surface area contributed by atoms with E-state index >= 15 is 0 Å². The number of carboxylic acid groups (broad SMARTS) is 1. The van der Waals surface area contributed by atoms with Crippen molar-refractivity contribution in [2.24, 2.45) is 0 Å². The van der Waals surface area contributed by atoms with Crippen molar-refractivity contribution in [2.75, 3.05) is 0 Å². The standard InChI is InChI=1S/C22H18ClN3O3S/c1-13-18(11-20(21(27)28)30-22-25-24-14(2)29-22)17-5-3-4-6-19(17)26(13)12-15-7-9-16(23)10-8-15/h3-11H,12H2,1-2H3,(H,27,28)/b20-11-. The minimum atomic E-state index is -1.05. The first-order valence-corrected chi connectivity index (χ1v) is 10.4. The summed E-state index contributed by atoms with van der Waals surface area (Å²) in [5.41, 5.74) is 3.94. The molecule has 4 aromatic rings. The summed E-state index contributed by atoms with van der Waals surface area (Å²) in [6, 6.07) is 15.7. The first-order chi connectivity index (χ1) is 14.4. The van der Waals surface area contributed by atoms with Crippen LogP contribution in [-0.4, -0.2) is 25.8 Å². The maximum Gasteiger partial charge on any atom is 0.342 e. The van der Waals surface area contributed by atoms with Gasteiger partial charge in [-0.3, -0.25) is 0 Å². The number of para-hydroxylation sites is 1. The highest BCUT2D eigenvalue weighted by Gasteiger charge is 2.18. The number of fused-ring (bicyclic) bond motifs is 1. The van der Waals surface area contributed by atoms with Crippen LogP contribution in [0.25, 0.3) is 17.0 Å². The smallest absolute Gasteiger partial charge is 0.342 e. The quantitative estimate of drug-likeness (QED) is 0.313. The van der Waals surface area contributed by atoms with Crippen LogP contribution in [0.15, 0.2) is 63.1 Å². The summed E-state index contributed by atoms with van der Waals surface area (Å²) in [6.07, 6.45) is 1.67. The van der Waals surface area contributed by atoms with Crippen molar-refractivity contribution in [3.63, 3.8) is 0 Å². The van der Waals surface area contributed by atoms with E-state index in [0.717, 1.165) is 39.5 Å². The number of aromatic nitrogens is 3. The van der Waals surface area contributed by atoms with Gasteiger partial charge in [0.15, 0.2) is 0 Å². The van der Waals surface area contributed by atoms with E-state index < -0.39 is 5.97 Å². The molecule has 2 aromatic carbocycles. The Balaban J connectivity index is 1.79. The van der Waals surface area contributed by atoms with Gasteiger partial charge in [-0.15, -0.1) is 10.2 Å². The van der Waals surface area contributed by atoms with Gasteiger partial charge in [-0.25, -0.2) is 4.79 Å². The fourth-order valence-corrected chi connectivity index (χ4v) is 4.12. The number of benzene rings is 2. The number of nitrogens with zero attached hydrogens (tertiary/aromatic N) is 3. The van der Waals surface area contributed by atoms with Crippen molar-refractivity contribution >= 4 is 46.3 Å². The zero-order valence-electron chi connectivity index (χ0n) is 16.3. The predicted octanol–water partition coefficient (Wildman–Crippen LogP) is 5.56. The monoisotopic (exact) mass is 439 g/mol. The molecule has 0 fully saturated rings. The lowest BCUT2D eigenvalue weighted by molar-refractivity contribution is -0.131. The SMILES string of the molecule is Cc1nnc(S/C(=C\c2c(C)n(Cc3ccc(Cl)cc3)c3ccccc23)C(=O)O)o1. The number of aryl methyl sites for hydroxylation is 1. The third-order valence-electron chi connectivity index (χ3n) is 4.72. The van der Waals surface area contributed by atoms with E-state index in [4.69, 9.17) is 16.0 Å². The van der Waals surface area contributed by atoms with Gasteiger partial charge in [0.05, 0.1) is 0 Å². The fraction of sp³-hybridized carbons (Fsp3) is 0.136. The molecule has 1 N–H and O–H groups in total. The number of hydrogen-bond acceptors (Lipinski definition) is 5. The molecule has 152 valence electrons. The summed E-state index contributed by atoms with van der Waals surface area (Å²) in [5, 5.41) is 19.2. The molecule has 0 radical (unpaired) electrons. The fourth-order valence-electron chi connectivity index (χ4n) is 3.30. The summed E-state index contributed by atoms with van der Waals surface area (Å²) in [5.74, 6) is -0.664. The van der Waals surface area contributed by atoms with Crippen LogP contribution in [0.4, 0.5) is 0 Å². The van der Waals surface area contributed by atoms with Gasteiger partial charge >= 0.3 is 5.97 Å². The third-order valence-corrected chi connectivity index (χ3v) is 5.83.